The molecule has 1 unspecified atom stereocenters. The first-order valence-corrected chi connectivity index (χ1v) is 13.4. The third-order valence-corrected chi connectivity index (χ3v) is 7.29. The third-order valence-electron chi connectivity index (χ3n) is 7.29. The zero-order valence-electron chi connectivity index (χ0n) is 21.5. The Kier molecular flexibility index (Phi) is 9.44. The molecule has 35 heavy (non-hydrogen) atoms. The quantitative estimate of drug-likeness (QED) is 0.416. The van der Waals surface area contributed by atoms with E-state index in [1.54, 1.807) is 17.8 Å². The molecule has 3 aliphatic rings. The summed E-state index contributed by atoms with van der Waals surface area (Å²) < 4.78 is 0. The van der Waals surface area contributed by atoms with Crippen LogP contribution in [-0.4, -0.2) is 60.8 Å². The van der Waals surface area contributed by atoms with Crippen molar-refractivity contribution in [1.82, 2.24) is 14.8 Å². The number of carbonyl (C=O) groups excluding carboxylic acids is 1. The SMILES string of the molecule is C1CC1.Cc1ccc(C2CCN(CC3CCN(C)C3)CC2)cc1.O=Cc1cccc2cccnc12. The molecule has 2 aromatic carbocycles. The molecule has 0 radical (unpaired) electrons. The molecule has 2 saturated heterocycles. The van der Waals surface area contributed by atoms with Crippen molar-refractivity contribution in [3.05, 3.63) is 77.5 Å². The minimum Gasteiger partial charge on any atom is -0.306 e. The van der Waals surface area contributed by atoms with E-state index in [0.717, 1.165) is 29.0 Å². The number of aryl methyl sites for hydroxylation is 1. The van der Waals surface area contributed by atoms with Crippen molar-refractivity contribution in [1.29, 1.82) is 0 Å². The Morgan fingerprint density at radius 3 is 2.26 bits per heavy atom. The molecule has 1 aromatic heterocycles. The molecule has 1 saturated carbocycles. The van der Waals surface area contributed by atoms with Crippen LogP contribution < -0.4 is 0 Å². The van der Waals surface area contributed by atoms with E-state index < -0.39 is 0 Å². The fourth-order valence-electron chi connectivity index (χ4n) is 5.05. The lowest BCUT2D eigenvalue weighted by molar-refractivity contribution is 0.112. The summed E-state index contributed by atoms with van der Waals surface area (Å²) in [6, 6.07) is 18.5. The van der Waals surface area contributed by atoms with Crippen LogP contribution in [0.25, 0.3) is 10.9 Å². The Morgan fingerprint density at radius 1 is 0.914 bits per heavy atom. The van der Waals surface area contributed by atoms with Gasteiger partial charge < -0.3 is 9.80 Å². The lowest BCUT2D eigenvalue weighted by Crippen LogP contribution is -2.37. The molecule has 4 heteroatoms. The fraction of sp³-hybridized carbons (Fsp3) is 0.484. The van der Waals surface area contributed by atoms with Crippen molar-refractivity contribution < 1.29 is 4.79 Å². The zero-order chi connectivity index (χ0) is 24.5. The van der Waals surface area contributed by atoms with Crippen LogP contribution in [0.1, 0.15) is 65.9 Å². The molecule has 0 spiro atoms. The molecule has 0 N–H and O–H groups in total. The maximum absolute atomic E-state index is 10.6. The van der Waals surface area contributed by atoms with Crippen LogP contribution in [0.3, 0.4) is 0 Å². The van der Waals surface area contributed by atoms with Gasteiger partial charge in [0.15, 0.2) is 6.29 Å². The average Bonchev–Trinajstić information content (AvgIpc) is 3.73. The first kappa shape index (κ1) is 25.5. The number of likely N-dealkylation sites (tertiary alicyclic amines) is 2. The number of para-hydroxylation sites is 1. The molecule has 6 rings (SSSR count). The van der Waals surface area contributed by atoms with Gasteiger partial charge in [0.1, 0.15) is 0 Å². The summed E-state index contributed by atoms with van der Waals surface area (Å²) in [6.07, 6.45) is 11.1. The van der Waals surface area contributed by atoms with Gasteiger partial charge in [-0.2, -0.15) is 0 Å². The Hall–Kier alpha value is -2.56. The van der Waals surface area contributed by atoms with Crippen LogP contribution in [-0.2, 0) is 0 Å². The van der Waals surface area contributed by atoms with Crippen molar-refractivity contribution in [3.8, 4) is 0 Å². The molecule has 0 bridgehead atoms. The van der Waals surface area contributed by atoms with E-state index in [4.69, 9.17) is 0 Å². The molecule has 186 valence electrons. The molecular weight excluding hydrogens is 430 g/mol. The highest BCUT2D eigenvalue weighted by atomic mass is 16.1. The van der Waals surface area contributed by atoms with E-state index >= 15 is 0 Å². The fourth-order valence-corrected chi connectivity index (χ4v) is 5.05. The number of aromatic nitrogens is 1. The highest BCUT2D eigenvalue weighted by molar-refractivity contribution is 5.95. The van der Waals surface area contributed by atoms with Gasteiger partial charge in [-0.25, -0.2) is 0 Å². The minimum atomic E-state index is 0.646. The molecule has 1 aliphatic carbocycles. The van der Waals surface area contributed by atoms with Crippen LogP contribution in [0.2, 0.25) is 0 Å². The van der Waals surface area contributed by atoms with Crippen LogP contribution in [0.5, 0.6) is 0 Å². The van der Waals surface area contributed by atoms with Gasteiger partial charge in [-0.15, -0.1) is 0 Å². The number of pyridine rings is 1. The van der Waals surface area contributed by atoms with Crippen molar-refractivity contribution in [3.63, 3.8) is 0 Å². The first-order chi connectivity index (χ1) is 17.1. The molecule has 3 heterocycles. The monoisotopic (exact) mass is 471 g/mol. The summed E-state index contributed by atoms with van der Waals surface area (Å²) in [5.41, 5.74) is 4.34. The Bertz CT molecular complexity index is 1050. The summed E-state index contributed by atoms with van der Waals surface area (Å²) in [4.78, 5) is 19.9. The van der Waals surface area contributed by atoms with Gasteiger partial charge in [0.2, 0.25) is 0 Å². The van der Waals surface area contributed by atoms with Crippen LogP contribution in [0.4, 0.5) is 0 Å². The molecule has 4 nitrogen and oxygen atoms in total. The Balaban J connectivity index is 0.000000162. The van der Waals surface area contributed by atoms with E-state index in [1.165, 1.54) is 76.8 Å². The Morgan fingerprint density at radius 2 is 1.63 bits per heavy atom. The van der Waals surface area contributed by atoms with Crippen LogP contribution in [0, 0.1) is 12.8 Å². The Labute approximate surface area is 211 Å². The second-order valence-corrected chi connectivity index (χ2v) is 10.5. The summed E-state index contributed by atoms with van der Waals surface area (Å²) in [6.45, 7) is 8.68. The highest BCUT2D eigenvalue weighted by Crippen LogP contribution is 2.29. The number of aldehydes is 1. The van der Waals surface area contributed by atoms with Gasteiger partial charge in [0.05, 0.1) is 5.52 Å². The summed E-state index contributed by atoms with van der Waals surface area (Å²) >= 11 is 0. The highest BCUT2D eigenvalue weighted by Gasteiger charge is 2.25. The number of rotatable bonds is 4. The number of benzene rings is 2. The van der Waals surface area contributed by atoms with E-state index in [0.29, 0.717) is 5.56 Å². The van der Waals surface area contributed by atoms with Crippen molar-refractivity contribution in [2.75, 3.05) is 39.8 Å². The molecular formula is C31H41N3O. The minimum absolute atomic E-state index is 0.646. The molecule has 3 aromatic rings. The molecule has 0 amide bonds. The second kappa shape index (κ2) is 12.9. The van der Waals surface area contributed by atoms with Gasteiger partial charge in [-0.1, -0.05) is 67.3 Å². The summed E-state index contributed by atoms with van der Waals surface area (Å²) in [5, 5.41) is 1.00. The predicted molar refractivity (Wildman–Crippen MR) is 146 cm³/mol. The lowest BCUT2D eigenvalue weighted by Gasteiger charge is -2.33. The van der Waals surface area contributed by atoms with Gasteiger partial charge in [-0.05, 0) is 82.4 Å². The largest absolute Gasteiger partial charge is 0.306 e. The molecule has 3 fully saturated rings. The van der Waals surface area contributed by atoms with Crippen LogP contribution >= 0.6 is 0 Å². The van der Waals surface area contributed by atoms with E-state index in [1.807, 2.05) is 24.3 Å². The smallest absolute Gasteiger partial charge is 0.152 e. The van der Waals surface area contributed by atoms with Crippen molar-refractivity contribution >= 4 is 17.2 Å². The van der Waals surface area contributed by atoms with Gasteiger partial charge in [0, 0.05) is 30.2 Å². The number of fused-ring (bicyclic) bond motifs is 1. The topological polar surface area (TPSA) is 36.4 Å². The van der Waals surface area contributed by atoms with E-state index in [9.17, 15) is 4.79 Å². The standard InChI is InChI=1S/C18H28N2.C10H7NO.C3H6/c1-15-3-5-17(6-4-15)18-8-11-20(12-9-18)14-16-7-10-19(2)13-16;12-7-9-4-1-3-8-5-2-6-11-10(8)9;1-2-3-1/h3-6,16,18H,7-14H2,1-2H3;1-7H;1-3H2. The predicted octanol–water partition coefficient (Wildman–Crippen LogP) is 6.34. The number of hydrogen-bond donors (Lipinski definition) is 0. The normalized spacial score (nSPS) is 20.5. The number of nitrogens with zero attached hydrogens (tertiary/aromatic N) is 3. The summed E-state index contributed by atoms with van der Waals surface area (Å²) in [7, 11) is 2.25. The number of hydrogen-bond acceptors (Lipinski definition) is 4. The van der Waals surface area contributed by atoms with Gasteiger partial charge in [0.25, 0.3) is 0 Å². The maximum Gasteiger partial charge on any atom is 0.152 e. The average molecular weight is 472 g/mol. The number of carbonyl (C=O) groups is 1. The zero-order valence-corrected chi connectivity index (χ0v) is 21.5. The van der Waals surface area contributed by atoms with Crippen molar-refractivity contribution in [2.24, 2.45) is 5.92 Å². The lowest BCUT2D eigenvalue weighted by atomic mass is 9.88. The number of piperidine rings is 1. The van der Waals surface area contributed by atoms with Crippen molar-refractivity contribution in [2.45, 2.75) is 51.4 Å². The third kappa shape index (κ3) is 7.98. The van der Waals surface area contributed by atoms with E-state index in [-0.39, 0.29) is 0 Å². The second-order valence-electron chi connectivity index (χ2n) is 10.5. The maximum atomic E-state index is 10.6. The van der Waals surface area contributed by atoms with E-state index in [2.05, 4.69) is 53.0 Å². The summed E-state index contributed by atoms with van der Waals surface area (Å²) in [5.74, 6) is 1.70. The molecule has 1 atom stereocenters. The van der Waals surface area contributed by atoms with Gasteiger partial charge in [-0.3, -0.25) is 9.78 Å². The molecule has 2 aliphatic heterocycles. The van der Waals surface area contributed by atoms with Crippen LogP contribution in [0.15, 0.2) is 60.8 Å². The van der Waals surface area contributed by atoms with Gasteiger partial charge >= 0.3 is 0 Å². The first-order valence-electron chi connectivity index (χ1n) is 13.4.